The van der Waals surface area contributed by atoms with Crippen LogP contribution >= 0.6 is 0 Å². The highest BCUT2D eigenvalue weighted by atomic mass is 16.3. The van der Waals surface area contributed by atoms with Crippen LogP contribution in [0.4, 0.5) is 0 Å². The number of aryl methyl sites for hydroxylation is 1. The van der Waals surface area contributed by atoms with Gasteiger partial charge in [0.1, 0.15) is 5.69 Å². The lowest BCUT2D eigenvalue weighted by Crippen LogP contribution is -2.21. The fourth-order valence-corrected chi connectivity index (χ4v) is 1.40. The fourth-order valence-electron chi connectivity index (χ4n) is 1.40. The summed E-state index contributed by atoms with van der Waals surface area (Å²) in [5, 5.41) is 17.3. The molecule has 0 aromatic carbocycles. The molecule has 6 heteroatoms. The van der Waals surface area contributed by atoms with Gasteiger partial charge in [-0.1, -0.05) is 12.1 Å². The molecular formula is C11H20N4O2. The third-order valence-electron chi connectivity index (χ3n) is 2.56. The normalized spacial score (nSPS) is 12.5. The van der Waals surface area contributed by atoms with E-state index in [9.17, 15) is 9.90 Å². The van der Waals surface area contributed by atoms with Gasteiger partial charge in [0.05, 0.1) is 12.3 Å². The lowest BCUT2D eigenvalue weighted by Gasteiger charge is -2.09. The minimum absolute atomic E-state index is 0.110. The van der Waals surface area contributed by atoms with E-state index in [0.29, 0.717) is 25.1 Å². The second-order valence-corrected chi connectivity index (χ2v) is 4.22. The number of carbonyl (C=O) groups is 1. The van der Waals surface area contributed by atoms with Gasteiger partial charge in [0.15, 0.2) is 0 Å². The Bertz CT molecular complexity index is 362. The highest BCUT2D eigenvalue weighted by molar-refractivity contribution is 5.75. The van der Waals surface area contributed by atoms with E-state index in [4.69, 9.17) is 0 Å². The van der Waals surface area contributed by atoms with Crippen molar-refractivity contribution in [2.75, 3.05) is 14.1 Å². The number of aromatic nitrogens is 3. The first-order valence-electron chi connectivity index (χ1n) is 5.82. The third-order valence-corrected chi connectivity index (χ3v) is 2.56. The lowest BCUT2D eigenvalue weighted by molar-refractivity contribution is -0.128. The molecule has 1 amide bonds. The van der Waals surface area contributed by atoms with Gasteiger partial charge in [-0.25, -0.2) is 0 Å². The summed E-state index contributed by atoms with van der Waals surface area (Å²) in [5.41, 5.74) is 0.589. The van der Waals surface area contributed by atoms with E-state index >= 15 is 0 Å². The van der Waals surface area contributed by atoms with Crippen LogP contribution < -0.4 is 0 Å². The molecule has 0 aliphatic heterocycles. The first kappa shape index (κ1) is 13.6. The van der Waals surface area contributed by atoms with Crippen molar-refractivity contribution in [1.82, 2.24) is 19.9 Å². The van der Waals surface area contributed by atoms with Crippen LogP contribution in [0, 0.1) is 0 Å². The van der Waals surface area contributed by atoms with Gasteiger partial charge < -0.3 is 10.0 Å². The van der Waals surface area contributed by atoms with Crippen LogP contribution in [0.2, 0.25) is 0 Å². The largest absolute Gasteiger partial charge is 0.387 e. The average molecular weight is 240 g/mol. The first-order valence-corrected chi connectivity index (χ1v) is 5.82. The SMILES string of the molecule is CCC(O)c1cn(CCCC(=O)N(C)C)nn1. The van der Waals surface area contributed by atoms with E-state index in [2.05, 4.69) is 10.3 Å². The molecule has 1 unspecified atom stereocenters. The van der Waals surface area contributed by atoms with Crippen LogP contribution in [0.1, 0.15) is 38.0 Å². The van der Waals surface area contributed by atoms with Gasteiger partial charge in [0.25, 0.3) is 0 Å². The maximum Gasteiger partial charge on any atom is 0.222 e. The van der Waals surface area contributed by atoms with Gasteiger partial charge in [0.2, 0.25) is 5.91 Å². The molecule has 96 valence electrons. The lowest BCUT2D eigenvalue weighted by atomic mass is 10.2. The number of amides is 1. The predicted molar refractivity (Wildman–Crippen MR) is 63.2 cm³/mol. The molecule has 0 fully saturated rings. The molecule has 1 rings (SSSR count). The van der Waals surface area contributed by atoms with Gasteiger partial charge in [-0.2, -0.15) is 0 Å². The highest BCUT2D eigenvalue weighted by Gasteiger charge is 2.10. The Morgan fingerprint density at radius 2 is 2.29 bits per heavy atom. The molecule has 6 nitrogen and oxygen atoms in total. The van der Waals surface area contributed by atoms with Crippen LogP contribution in [-0.4, -0.2) is 45.0 Å². The summed E-state index contributed by atoms with van der Waals surface area (Å²) >= 11 is 0. The van der Waals surface area contributed by atoms with Crippen LogP contribution in [-0.2, 0) is 11.3 Å². The smallest absolute Gasteiger partial charge is 0.222 e. The zero-order valence-electron chi connectivity index (χ0n) is 10.6. The standard InChI is InChI=1S/C11H20N4O2/c1-4-10(16)9-8-15(13-12-9)7-5-6-11(17)14(2)3/h8,10,16H,4-7H2,1-3H3. The molecule has 0 aliphatic rings. The minimum atomic E-state index is -0.549. The van der Waals surface area contributed by atoms with Crippen molar-refractivity contribution in [2.45, 2.75) is 38.8 Å². The molecule has 1 aromatic heterocycles. The van der Waals surface area contributed by atoms with Crippen LogP contribution in [0.3, 0.4) is 0 Å². The number of rotatable bonds is 6. The summed E-state index contributed by atoms with van der Waals surface area (Å²) in [7, 11) is 3.49. The van der Waals surface area contributed by atoms with Gasteiger partial charge in [-0.15, -0.1) is 5.10 Å². The summed E-state index contributed by atoms with van der Waals surface area (Å²) in [6, 6.07) is 0. The summed E-state index contributed by atoms with van der Waals surface area (Å²) in [4.78, 5) is 12.9. The maximum absolute atomic E-state index is 11.3. The fraction of sp³-hybridized carbons (Fsp3) is 0.727. The predicted octanol–water partition coefficient (Wildman–Crippen LogP) is 0.590. The van der Waals surface area contributed by atoms with Crippen molar-refractivity contribution in [1.29, 1.82) is 0 Å². The topological polar surface area (TPSA) is 71.2 Å². The van der Waals surface area contributed by atoms with E-state index < -0.39 is 6.10 Å². The van der Waals surface area contributed by atoms with E-state index in [0.717, 1.165) is 6.42 Å². The second-order valence-electron chi connectivity index (χ2n) is 4.22. The highest BCUT2D eigenvalue weighted by Crippen LogP contribution is 2.12. The number of nitrogens with zero attached hydrogens (tertiary/aromatic N) is 4. The molecule has 1 aromatic rings. The second kappa shape index (κ2) is 6.34. The molecule has 0 aliphatic carbocycles. The van der Waals surface area contributed by atoms with Crippen LogP contribution in [0.5, 0.6) is 0 Å². The molecule has 17 heavy (non-hydrogen) atoms. The number of aliphatic hydroxyl groups excluding tert-OH is 1. The minimum Gasteiger partial charge on any atom is -0.387 e. The van der Waals surface area contributed by atoms with Gasteiger partial charge in [-0.05, 0) is 12.8 Å². The van der Waals surface area contributed by atoms with Crippen molar-refractivity contribution in [3.8, 4) is 0 Å². The molecule has 0 saturated heterocycles. The zero-order valence-corrected chi connectivity index (χ0v) is 10.6. The van der Waals surface area contributed by atoms with E-state index in [1.807, 2.05) is 6.92 Å². The average Bonchev–Trinajstić information content (AvgIpc) is 2.76. The van der Waals surface area contributed by atoms with E-state index in [1.165, 1.54) is 0 Å². The summed E-state index contributed by atoms with van der Waals surface area (Å²) in [6.45, 7) is 2.53. The monoisotopic (exact) mass is 240 g/mol. The van der Waals surface area contributed by atoms with Crippen molar-refractivity contribution >= 4 is 5.91 Å². The molecule has 0 saturated carbocycles. The molecular weight excluding hydrogens is 220 g/mol. The number of hydrogen-bond acceptors (Lipinski definition) is 4. The summed E-state index contributed by atoms with van der Waals surface area (Å²) in [5.74, 6) is 0.110. The first-order chi connectivity index (χ1) is 8.04. The Morgan fingerprint density at radius 1 is 1.59 bits per heavy atom. The van der Waals surface area contributed by atoms with E-state index in [-0.39, 0.29) is 5.91 Å². The number of carbonyl (C=O) groups excluding carboxylic acids is 1. The van der Waals surface area contributed by atoms with Crippen molar-refractivity contribution in [3.63, 3.8) is 0 Å². The Balaban J connectivity index is 2.37. The van der Waals surface area contributed by atoms with Crippen molar-refractivity contribution in [3.05, 3.63) is 11.9 Å². The number of aliphatic hydroxyl groups is 1. The van der Waals surface area contributed by atoms with Gasteiger partial charge >= 0.3 is 0 Å². The Kier molecular flexibility index (Phi) is 5.09. The molecule has 0 radical (unpaired) electrons. The summed E-state index contributed by atoms with van der Waals surface area (Å²) < 4.78 is 1.66. The van der Waals surface area contributed by atoms with Gasteiger partial charge in [0, 0.05) is 27.1 Å². The van der Waals surface area contributed by atoms with Crippen LogP contribution in [0.25, 0.3) is 0 Å². The molecule has 0 spiro atoms. The zero-order chi connectivity index (χ0) is 12.8. The quantitative estimate of drug-likeness (QED) is 0.790. The van der Waals surface area contributed by atoms with Crippen molar-refractivity contribution < 1.29 is 9.90 Å². The molecule has 1 N–H and O–H groups in total. The molecule has 1 heterocycles. The number of hydrogen-bond donors (Lipinski definition) is 1. The molecule has 0 bridgehead atoms. The third kappa shape index (κ3) is 4.14. The van der Waals surface area contributed by atoms with Gasteiger partial charge in [-0.3, -0.25) is 9.48 Å². The Hall–Kier alpha value is -1.43. The summed E-state index contributed by atoms with van der Waals surface area (Å²) in [6.07, 6.45) is 3.03. The Morgan fingerprint density at radius 3 is 2.88 bits per heavy atom. The Labute approximate surface area is 101 Å². The molecule has 1 atom stereocenters. The van der Waals surface area contributed by atoms with E-state index in [1.54, 1.807) is 29.9 Å². The maximum atomic E-state index is 11.3. The van der Waals surface area contributed by atoms with Crippen molar-refractivity contribution in [2.24, 2.45) is 0 Å². The van der Waals surface area contributed by atoms with Crippen LogP contribution in [0.15, 0.2) is 6.20 Å².